The number of hydrogen-bond donors (Lipinski definition) is 5. The molecule has 0 radical (unpaired) electrons. The second kappa shape index (κ2) is 9.19. The molecule has 10 heteroatoms. The number of amides is 2. The number of hydrogen-bond acceptors (Lipinski definition) is 7. The van der Waals surface area contributed by atoms with Crippen molar-refractivity contribution < 1.29 is 24.7 Å². The van der Waals surface area contributed by atoms with Crippen molar-refractivity contribution in [1.82, 2.24) is 15.3 Å². The fourth-order valence-corrected chi connectivity index (χ4v) is 4.99. The smallest absolute Gasteiger partial charge is 0.250 e. The maximum Gasteiger partial charge on any atom is 0.250 e. The number of carbonyl (C=O) groups excluding carboxylic acids is 3. The Hall–Kier alpha value is -3.24. The number of aliphatic hydroxyl groups is 1. The predicted molar refractivity (Wildman–Crippen MR) is 124 cm³/mol. The van der Waals surface area contributed by atoms with Crippen LogP contribution in [0, 0.1) is 5.41 Å². The van der Waals surface area contributed by atoms with Gasteiger partial charge in [0.15, 0.2) is 5.78 Å². The molecule has 0 saturated heterocycles. The van der Waals surface area contributed by atoms with E-state index in [2.05, 4.69) is 10.4 Å². The summed E-state index contributed by atoms with van der Waals surface area (Å²) in [5.41, 5.74) is 9.87. The van der Waals surface area contributed by atoms with Gasteiger partial charge in [-0.3, -0.25) is 19.6 Å². The van der Waals surface area contributed by atoms with E-state index in [1.807, 2.05) is 13.8 Å². The first-order valence-corrected chi connectivity index (χ1v) is 11.5. The normalized spacial score (nSPS) is 21.6. The maximum absolute atomic E-state index is 13.0. The average molecular weight is 470 g/mol. The van der Waals surface area contributed by atoms with Crippen molar-refractivity contribution in [1.29, 1.82) is 0 Å². The van der Waals surface area contributed by atoms with Gasteiger partial charge in [-0.25, -0.2) is 10.2 Å². The minimum atomic E-state index is -0.656. The Morgan fingerprint density at radius 2 is 1.91 bits per heavy atom. The minimum Gasteiger partial charge on any atom is -0.393 e. The molecule has 1 aromatic heterocycles. The topological polar surface area (TPSA) is 160 Å². The zero-order valence-corrected chi connectivity index (χ0v) is 19.4. The van der Waals surface area contributed by atoms with Crippen LogP contribution in [0.3, 0.4) is 0 Å². The lowest BCUT2D eigenvalue weighted by Crippen LogP contribution is -2.29. The van der Waals surface area contributed by atoms with E-state index < -0.39 is 11.8 Å². The molecular weight excluding hydrogens is 438 g/mol. The first kappa shape index (κ1) is 23.9. The van der Waals surface area contributed by atoms with Gasteiger partial charge in [-0.05, 0) is 55.7 Å². The van der Waals surface area contributed by atoms with Gasteiger partial charge >= 0.3 is 0 Å². The van der Waals surface area contributed by atoms with Crippen LogP contribution >= 0.6 is 0 Å². The molecule has 182 valence electrons. The number of anilines is 1. The molecule has 0 aliphatic heterocycles. The minimum absolute atomic E-state index is 0.0904. The standard InChI is InChI=1S/C24H31N5O5/c1-24(2)11-19-22(20(31)12-24)18(10-21(32)28-34)27-29(19)14-5-8-16(23(25)33)17(9-14)26-13-3-6-15(30)7-4-13/h5,8-9,13,15,26,30,34H,3-4,6-7,10-12H2,1-2H3,(H2,25,33)(H,28,32). The third-order valence-electron chi connectivity index (χ3n) is 6.64. The summed E-state index contributed by atoms with van der Waals surface area (Å²) in [4.78, 5) is 36.9. The lowest BCUT2D eigenvalue weighted by molar-refractivity contribution is -0.128. The van der Waals surface area contributed by atoms with Crippen LogP contribution in [0.4, 0.5) is 5.69 Å². The summed E-state index contributed by atoms with van der Waals surface area (Å²) in [5.74, 6) is -1.31. The van der Waals surface area contributed by atoms with Crippen LogP contribution in [0.25, 0.3) is 5.69 Å². The summed E-state index contributed by atoms with van der Waals surface area (Å²) >= 11 is 0. The summed E-state index contributed by atoms with van der Waals surface area (Å²) in [5, 5.41) is 26.8. The highest BCUT2D eigenvalue weighted by atomic mass is 16.5. The van der Waals surface area contributed by atoms with Gasteiger partial charge in [0.05, 0.1) is 40.7 Å². The Morgan fingerprint density at radius 3 is 2.56 bits per heavy atom. The summed E-state index contributed by atoms with van der Waals surface area (Å²) in [6, 6.07) is 5.21. The van der Waals surface area contributed by atoms with E-state index in [9.17, 15) is 19.5 Å². The zero-order valence-electron chi connectivity index (χ0n) is 19.4. The van der Waals surface area contributed by atoms with E-state index in [1.165, 1.54) is 0 Å². The Bertz CT molecular complexity index is 1130. The highest BCUT2D eigenvalue weighted by Gasteiger charge is 2.37. The molecule has 6 N–H and O–H groups in total. The van der Waals surface area contributed by atoms with Crippen LogP contribution < -0.4 is 16.5 Å². The van der Waals surface area contributed by atoms with Crippen molar-refractivity contribution in [2.24, 2.45) is 11.1 Å². The van der Waals surface area contributed by atoms with E-state index in [4.69, 9.17) is 10.9 Å². The fraction of sp³-hybridized carbons (Fsp3) is 0.500. The predicted octanol–water partition coefficient (Wildman–Crippen LogP) is 1.89. The molecule has 2 aliphatic carbocycles. The molecule has 4 rings (SSSR count). The molecule has 0 atom stereocenters. The number of nitrogens with zero attached hydrogens (tertiary/aromatic N) is 2. The Labute approximate surface area is 197 Å². The van der Waals surface area contributed by atoms with E-state index >= 15 is 0 Å². The van der Waals surface area contributed by atoms with E-state index in [0.717, 1.165) is 12.8 Å². The van der Waals surface area contributed by atoms with Crippen LogP contribution in [0.5, 0.6) is 0 Å². The Morgan fingerprint density at radius 1 is 1.21 bits per heavy atom. The number of nitrogens with one attached hydrogen (secondary N) is 2. The number of benzene rings is 1. The monoisotopic (exact) mass is 469 g/mol. The zero-order chi connectivity index (χ0) is 24.6. The van der Waals surface area contributed by atoms with Gasteiger partial charge in [0, 0.05) is 18.2 Å². The molecule has 2 amide bonds. The summed E-state index contributed by atoms with van der Waals surface area (Å²) in [7, 11) is 0. The largest absolute Gasteiger partial charge is 0.393 e. The second-order valence-corrected chi connectivity index (χ2v) is 10.1. The lowest BCUT2D eigenvalue weighted by Gasteiger charge is -2.29. The molecule has 2 aromatic rings. The van der Waals surface area contributed by atoms with Gasteiger partial charge in [-0.2, -0.15) is 5.10 Å². The first-order valence-electron chi connectivity index (χ1n) is 11.5. The molecule has 34 heavy (non-hydrogen) atoms. The SMILES string of the molecule is CC1(C)CC(=O)c2c(CC(=O)NO)nn(-c3ccc(C(N)=O)c(NC4CCC(O)CC4)c3)c2C1. The van der Waals surface area contributed by atoms with Gasteiger partial charge in [0.2, 0.25) is 5.91 Å². The number of rotatable bonds is 6. The number of aromatic nitrogens is 2. The van der Waals surface area contributed by atoms with Crippen LogP contribution in [-0.4, -0.2) is 49.8 Å². The quantitative estimate of drug-likeness (QED) is 0.319. The molecule has 1 saturated carbocycles. The number of fused-ring (bicyclic) bond motifs is 1. The lowest BCUT2D eigenvalue weighted by atomic mass is 9.75. The molecule has 1 fully saturated rings. The molecule has 0 spiro atoms. The molecule has 2 aliphatic rings. The fourth-order valence-electron chi connectivity index (χ4n) is 4.99. The van der Waals surface area contributed by atoms with E-state index in [-0.39, 0.29) is 29.8 Å². The summed E-state index contributed by atoms with van der Waals surface area (Å²) in [6.45, 7) is 4.01. The third-order valence-corrected chi connectivity index (χ3v) is 6.64. The third kappa shape index (κ3) is 4.83. The van der Waals surface area contributed by atoms with Gasteiger partial charge in [-0.1, -0.05) is 13.8 Å². The number of carbonyl (C=O) groups is 3. The van der Waals surface area contributed by atoms with Gasteiger partial charge in [0.1, 0.15) is 0 Å². The molecule has 0 unspecified atom stereocenters. The van der Waals surface area contributed by atoms with E-state index in [1.54, 1.807) is 28.4 Å². The van der Waals surface area contributed by atoms with Crippen molar-refractivity contribution in [2.75, 3.05) is 5.32 Å². The first-order chi connectivity index (χ1) is 16.1. The number of ketones is 1. The van der Waals surface area contributed by atoms with Crippen molar-refractivity contribution in [3.63, 3.8) is 0 Å². The highest BCUT2D eigenvalue weighted by Crippen LogP contribution is 2.38. The van der Waals surface area contributed by atoms with Gasteiger partial charge in [-0.15, -0.1) is 0 Å². The van der Waals surface area contributed by atoms with Crippen molar-refractivity contribution in [3.05, 3.63) is 40.7 Å². The number of aliphatic hydroxyl groups excluding tert-OH is 1. The number of nitrogens with two attached hydrogens (primary N) is 1. The Balaban J connectivity index is 1.77. The van der Waals surface area contributed by atoms with Crippen LogP contribution in [0.2, 0.25) is 0 Å². The highest BCUT2D eigenvalue weighted by molar-refractivity contribution is 6.01. The summed E-state index contributed by atoms with van der Waals surface area (Å²) < 4.78 is 1.65. The second-order valence-electron chi connectivity index (χ2n) is 10.1. The molecular formula is C24H31N5O5. The molecule has 1 heterocycles. The van der Waals surface area contributed by atoms with Crippen molar-refractivity contribution >= 4 is 23.3 Å². The summed E-state index contributed by atoms with van der Waals surface area (Å²) in [6.07, 6.45) is 3.28. The van der Waals surface area contributed by atoms with Crippen LogP contribution in [0.15, 0.2) is 18.2 Å². The Kier molecular flexibility index (Phi) is 6.46. The van der Waals surface area contributed by atoms with Crippen molar-refractivity contribution in [3.8, 4) is 5.69 Å². The van der Waals surface area contributed by atoms with Crippen LogP contribution in [-0.2, 0) is 17.6 Å². The van der Waals surface area contributed by atoms with Crippen LogP contribution in [0.1, 0.15) is 78.1 Å². The van der Waals surface area contributed by atoms with Gasteiger partial charge < -0.3 is 16.2 Å². The van der Waals surface area contributed by atoms with E-state index in [0.29, 0.717) is 59.6 Å². The average Bonchev–Trinajstić information content (AvgIpc) is 3.12. The van der Waals surface area contributed by atoms with Gasteiger partial charge in [0.25, 0.3) is 5.91 Å². The number of hydroxylamine groups is 1. The maximum atomic E-state index is 13.0. The molecule has 0 bridgehead atoms. The molecule has 10 nitrogen and oxygen atoms in total. The van der Waals surface area contributed by atoms with Crippen molar-refractivity contribution in [2.45, 2.75) is 70.9 Å². The number of Topliss-reactive ketones (excluding diaryl/α,β-unsaturated/α-hetero) is 1. The molecule has 1 aromatic carbocycles. The number of primary amides is 1.